The molecule has 0 aliphatic carbocycles. The van der Waals surface area contributed by atoms with Crippen LogP contribution in [-0.2, 0) is 0 Å². The highest BCUT2D eigenvalue weighted by atomic mass is 79.9. The third-order valence-corrected chi connectivity index (χ3v) is 4.22. The number of rotatable bonds is 3. The lowest BCUT2D eigenvalue weighted by Crippen LogP contribution is -2.35. The third-order valence-electron chi connectivity index (χ3n) is 3.01. The summed E-state index contributed by atoms with van der Waals surface area (Å²) in [6.45, 7) is 4.89. The van der Waals surface area contributed by atoms with E-state index in [0.717, 1.165) is 49.4 Å². The van der Waals surface area contributed by atoms with Crippen LogP contribution in [0.3, 0.4) is 0 Å². The van der Waals surface area contributed by atoms with Crippen molar-refractivity contribution in [1.82, 2.24) is 9.80 Å². The molecule has 94 valence electrons. The van der Waals surface area contributed by atoms with E-state index in [2.05, 4.69) is 20.8 Å². The Morgan fingerprint density at radius 3 is 2.94 bits per heavy atom. The smallest absolute Gasteiger partial charge is 0.263 e. The van der Waals surface area contributed by atoms with Crippen molar-refractivity contribution in [3.8, 4) is 0 Å². The Morgan fingerprint density at radius 2 is 2.24 bits per heavy atom. The quantitative estimate of drug-likeness (QED) is 0.799. The van der Waals surface area contributed by atoms with E-state index in [0.29, 0.717) is 0 Å². The Balaban J connectivity index is 1.92. The van der Waals surface area contributed by atoms with Crippen LogP contribution in [0.5, 0.6) is 0 Å². The molecular weight excluding hydrogens is 300 g/mol. The van der Waals surface area contributed by atoms with Gasteiger partial charge in [0.1, 0.15) is 0 Å². The van der Waals surface area contributed by atoms with E-state index in [-0.39, 0.29) is 5.91 Å². The summed E-state index contributed by atoms with van der Waals surface area (Å²) < 4.78 is 0. The maximum Gasteiger partial charge on any atom is 0.263 e. The molecule has 0 N–H and O–H groups in total. The van der Waals surface area contributed by atoms with Gasteiger partial charge in [-0.3, -0.25) is 4.79 Å². The molecule has 1 aromatic heterocycles. The number of halogens is 1. The van der Waals surface area contributed by atoms with E-state index in [9.17, 15) is 4.79 Å². The lowest BCUT2D eigenvalue weighted by Gasteiger charge is -2.20. The standard InChI is InChI=1S/C12H17BrN2OS/c13-4-7-14-5-2-6-15(9-8-14)12(16)11-3-1-10-17-11/h1,3,10H,2,4-9H2. The first kappa shape index (κ1) is 13.1. The highest BCUT2D eigenvalue weighted by Gasteiger charge is 2.20. The minimum absolute atomic E-state index is 0.195. The van der Waals surface area contributed by atoms with E-state index >= 15 is 0 Å². The summed E-state index contributed by atoms with van der Waals surface area (Å²) in [5.74, 6) is 0.195. The van der Waals surface area contributed by atoms with E-state index < -0.39 is 0 Å². The number of carbonyl (C=O) groups is 1. The summed E-state index contributed by atoms with van der Waals surface area (Å²) in [6, 6.07) is 3.85. The molecule has 0 saturated carbocycles. The van der Waals surface area contributed by atoms with Crippen molar-refractivity contribution in [2.45, 2.75) is 6.42 Å². The van der Waals surface area contributed by atoms with Gasteiger partial charge in [0.15, 0.2) is 0 Å². The third kappa shape index (κ3) is 3.53. The molecule has 0 atom stereocenters. The van der Waals surface area contributed by atoms with E-state index in [1.54, 1.807) is 0 Å². The predicted octanol–water partition coefficient (Wildman–Crippen LogP) is 2.29. The molecule has 0 spiro atoms. The van der Waals surface area contributed by atoms with Gasteiger partial charge in [-0.25, -0.2) is 0 Å². The van der Waals surface area contributed by atoms with Crippen LogP contribution in [-0.4, -0.2) is 53.8 Å². The molecule has 1 amide bonds. The molecule has 2 rings (SSSR count). The first-order valence-electron chi connectivity index (χ1n) is 5.92. The van der Waals surface area contributed by atoms with Crippen LogP contribution < -0.4 is 0 Å². The fourth-order valence-electron chi connectivity index (χ4n) is 2.07. The molecule has 1 aliphatic heterocycles. The average molecular weight is 317 g/mol. The Bertz CT molecular complexity index is 355. The van der Waals surface area contributed by atoms with Gasteiger partial charge < -0.3 is 9.80 Å². The topological polar surface area (TPSA) is 23.6 Å². The van der Waals surface area contributed by atoms with Gasteiger partial charge in [-0.05, 0) is 24.4 Å². The van der Waals surface area contributed by atoms with E-state index in [1.807, 2.05) is 22.4 Å². The maximum atomic E-state index is 12.2. The summed E-state index contributed by atoms with van der Waals surface area (Å²) in [5, 5.41) is 2.97. The van der Waals surface area contributed by atoms with Gasteiger partial charge in [0.05, 0.1) is 4.88 Å². The zero-order valence-electron chi connectivity index (χ0n) is 9.77. The fourth-order valence-corrected chi connectivity index (χ4v) is 3.27. The lowest BCUT2D eigenvalue weighted by molar-refractivity contribution is 0.0766. The Kier molecular flexibility index (Phi) is 5.00. The number of alkyl halides is 1. The van der Waals surface area contributed by atoms with Crippen LogP contribution in [0.2, 0.25) is 0 Å². The fraction of sp³-hybridized carbons (Fsp3) is 0.583. The second kappa shape index (κ2) is 6.52. The second-order valence-corrected chi connectivity index (χ2v) is 5.89. The van der Waals surface area contributed by atoms with Crippen molar-refractivity contribution in [2.75, 3.05) is 38.1 Å². The monoisotopic (exact) mass is 316 g/mol. The summed E-state index contributed by atoms with van der Waals surface area (Å²) in [4.78, 5) is 17.4. The molecule has 0 unspecified atom stereocenters. The summed E-state index contributed by atoms with van der Waals surface area (Å²) in [6.07, 6.45) is 1.07. The zero-order valence-corrected chi connectivity index (χ0v) is 12.2. The Morgan fingerprint density at radius 1 is 1.35 bits per heavy atom. The first-order chi connectivity index (χ1) is 8.31. The predicted molar refractivity (Wildman–Crippen MR) is 75.1 cm³/mol. The van der Waals surface area contributed by atoms with E-state index in [4.69, 9.17) is 0 Å². The number of carbonyl (C=O) groups excluding carboxylic acids is 1. The largest absolute Gasteiger partial charge is 0.337 e. The molecule has 0 bridgehead atoms. The molecule has 17 heavy (non-hydrogen) atoms. The first-order valence-corrected chi connectivity index (χ1v) is 7.92. The Hall–Kier alpha value is -0.390. The van der Waals surface area contributed by atoms with Gasteiger partial charge in [0.25, 0.3) is 5.91 Å². The van der Waals surface area contributed by atoms with Gasteiger partial charge in [0, 0.05) is 31.5 Å². The van der Waals surface area contributed by atoms with Crippen molar-refractivity contribution in [2.24, 2.45) is 0 Å². The van der Waals surface area contributed by atoms with Crippen molar-refractivity contribution in [3.05, 3.63) is 22.4 Å². The maximum absolute atomic E-state index is 12.2. The zero-order chi connectivity index (χ0) is 12.1. The van der Waals surface area contributed by atoms with Gasteiger partial charge in [-0.15, -0.1) is 11.3 Å². The number of hydrogen-bond donors (Lipinski definition) is 0. The molecule has 5 heteroatoms. The van der Waals surface area contributed by atoms with Crippen LogP contribution in [0.4, 0.5) is 0 Å². The molecule has 1 aromatic rings. The van der Waals surface area contributed by atoms with Crippen molar-refractivity contribution in [1.29, 1.82) is 0 Å². The number of nitrogens with zero attached hydrogens (tertiary/aromatic N) is 2. The lowest BCUT2D eigenvalue weighted by atomic mass is 10.3. The molecular formula is C12H17BrN2OS. The molecule has 1 fully saturated rings. The minimum atomic E-state index is 0.195. The van der Waals surface area contributed by atoms with Crippen molar-refractivity contribution >= 4 is 33.2 Å². The highest BCUT2D eigenvalue weighted by Crippen LogP contribution is 2.14. The van der Waals surface area contributed by atoms with Crippen LogP contribution >= 0.6 is 27.3 Å². The number of hydrogen-bond acceptors (Lipinski definition) is 3. The summed E-state index contributed by atoms with van der Waals surface area (Å²) >= 11 is 5.00. The molecule has 0 aromatic carbocycles. The van der Waals surface area contributed by atoms with Crippen LogP contribution in [0.1, 0.15) is 16.1 Å². The number of amides is 1. The van der Waals surface area contributed by atoms with Gasteiger partial charge >= 0.3 is 0 Å². The molecule has 1 saturated heterocycles. The van der Waals surface area contributed by atoms with Crippen LogP contribution in [0.25, 0.3) is 0 Å². The summed E-state index contributed by atoms with van der Waals surface area (Å²) in [5.41, 5.74) is 0. The van der Waals surface area contributed by atoms with Crippen LogP contribution in [0.15, 0.2) is 17.5 Å². The van der Waals surface area contributed by atoms with E-state index in [1.165, 1.54) is 11.3 Å². The molecule has 3 nitrogen and oxygen atoms in total. The van der Waals surface area contributed by atoms with Crippen molar-refractivity contribution < 1.29 is 4.79 Å². The second-order valence-electron chi connectivity index (χ2n) is 4.15. The summed E-state index contributed by atoms with van der Waals surface area (Å²) in [7, 11) is 0. The van der Waals surface area contributed by atoms with Gasteiger partial charge in [-0.1, -0.05) is 22.0 Å². The highest BCUT2D eigenvalue weighted by molar-refractivity contribution is 9.09. The minimum Gasteiger partial charge on any atom is -0.337 e. The Labute approximate surface area is 115 Å². The van der Waals surface area contributed by atoms with Gasteiger partial charge in [0.2, 0.25) is 0 Å². The SMILES string of the molecule is O=C(c1cccs1)N1CCCN(CCBr)CC1. The molecule has 1 aliphatic rings. The molecule has 2 heterocycles. The molecule has 0 radical (unpaired) electrons. The van der Waals surface area contributed by atoms with Crippen LogP contribution in [0, 0.1) is 0 Å². The average Bonchev–Trinajstić information content (AvgIpc) is 2.76. The van der Waals surface area contributed by atoms with Crippen molar-refractivity contribution in [3.63, 3.8) is 0 Å². The van der Waals surface area contributed by atoms with Gasteiger partial charge in [-0.2, -0.15) is 0 Å². The normalized spacial score (nSPS) is 18.1. The number of thiophene rings is 1.